The van der Waals surface area contributed by atoms with E-state index in [0.29, 0.717) is 5.91 Å². The number of hydrogen-bond donors (Lipinski definition) is 1. The van der Waals surface area contributed by atoms with Gasteiger partial charge in [0.15, 0.2) is 5.96 Å². The molecule has 168 valence electrons. The number of carbonyl (C=O) groups is 1. The summed E-state index contributed by atoms with van der Waals surface area (Å²) in [4.78, 5) is 26.2. The molecule has 3 aliphatic rings. The highest BCUT2D eigenvalue weighted by molar-refractivity contribution is 5.82. The minimum Gasteiger partial charge on any atom is -0.364 e. The number of hydrogen-bond acceptors (Lipinski definition) is 4. The maximum atomic E-state index is 12.7. The number of guanidine groups is 1. The van der Waals surface area contributed by atoms with Crippen molar-refractivity contribution in [3.8, 4) is 0 Å². The molecule has 31 heavy (non-hydrogen) atoms. The third-order valence-electron chi connectivity index (χ3n) is 6.72. The molecule has 4 rings (SSSR count). The minimum absolute atomic E-state index is 0.0282. The zero-order chi connectivity index (χ0) is 21.6. The molecule has 1 amide bonds. The van der Waals surface area contributed by atoms with Crippen molar-refractivity contribution in [3.63, 3.8) is 0 Å². The van der Waals surface area contributed by atoms with Gasteiger partial charge in [0.1, 0.15) is 0 Å². The van der Waals surface area contributed by atoms with Crippen molar-refractivity contribution in [2.24, 2.45) is 4.99 Å². The summed E-state index contributed by atoms with van der Waals surface area (Å²) < 4.78 is 0. The first kappa shape index (κ1) is 21.7. The quantitative estimate of drug-likeness (QED) is 0.444. The molecule has 1 aromatic carbocycles. The number of carbonyl (C=O) groups excluding carboxylic acids is 1. The van der Waals surface area contributed by atoms with Crippen molar-refractivity contribution in [2.75, 3.05) is 64.3 Å². The summed E-state index contributed by atoms with van der Waals surface area (Å²) in [6.07, 6.45) is 6.71. The van der Waals surface area contributed by atoms with Crippen molar-refractivity contribution in [3.05, 3.63) is 42.0 Å². The molecule has 2 saturated heterocycles. The Morgan fingerprint density at radius 3 is 2.23 bits per heavy atom. The highest BCUT2D eigenvalue weighted by Crippen LogP contribution is 2.18. The highest BCUT2D eigenvalue weighted by Gasteiger charge is 2.30. The van der Waals surface area contributed by atoms with Gasteiger partial charge in [-0.25, -0.2) is 0 Å². The van der Waals surface area contributed by atoms with Crippen LogP contribution < -0.4 is 10.2 Å². The fourth-order valence-electron chi connectivity index (χ4n) is 4.71. The fourth-order valence-corrected chi connectivity index (χ4v) is 4.71. The third-order valence-corrected chi connectivity index (χ3v) is 6.72. The Kier molecular flexibility index (Phi) is 7.12. The zero-order valence-electron chi connectivity index (χ0n) is 19.0. The van der Waals surface area contributed by atoms with Gasteiger partial charge in [0.25, 0.3) is 0 Å². The van der Waals surface area contributed by atoms with E-state index in [1.807, 2.05) is 11.9 Å². The van der Waals surface area contributed by atoms with Crippen molar-refractivity contribution in [1.29, 1.82) is 0 Å². The van der Waals surface area contributed by atoms with Crippen LogP contribution in [0.2, 0.25) is 0 Å². The van der Waals surface area contributed by atoms with Gasteiger partial charge < -0.3 is 20.0 Å². The van der Waals surface area contributed by atoms with E-state index in [-0.39, 0.29) is 6.04 Å². The number of benzene rings is 1. The number of piperazine rings is 1. The summed E-state index contributed by atoms with van der Waals surface area (Å²) >= 11 is 0. The van der Waals surface area contributed by atoms with Gasteiger partial charge in [0.2, 0.25) is 5.91 Å². The number of aliphatic imine (C=N–C) groups is 1. The van der Waals surface area contributed by atoms with Crippen molar-refractivity contribution < 1.29 is 4.79 Å². The molecule has 7 heteroatoms. The number of rotatable bonds is 5. The molecule has 3 aliphatic heterocycles. The Bertz CT molecular complexity index is 783. The second kappa shape index (κ2) is 10.2. The second-order valence-electron chi connectivity index (χ2n) is 8.67. The molecule has 3 heterocycles. The van der Waals surface area contributed by atoms with E-state index in [4.69, 9.17) is 0 Å². The molecule has 0 bridgehead atoms. The lowest BCUT2D eigenvalue weighted by Gasteiger charge is -2.39. The summed E-state index contributed by atoms with van der Waals surface area (Å²) in [7, 11) is 1.84. The van der Waals surface area contributed by atoms with E-state index in [1.165, 1.54) is 11.3 Å². The molecular weight excluding hydrogens is 388 g/mol. The monoisotopic (exact) mass is 424 g/mol. The molecule has 7 nitrogen and oxygen atoms in total. The van der Waals surface area contributed by atoms with Gasteiger partial charge in [-0.3, -0.25) is 14.7 Å². The second-order valence-corrected chi connectivity index (χ2v) is 8.67. The topological polar surface area (TPSA) is 54.4 Å². The fraction of sp³-hybridized carbons (Fsp3) is 0.583. The van der Waals surface area contributed by atoms with Gasteiger partial charge in [-0.05, 0) is 37.5 Å². The molecule has 0 radical (unpaired) electrons. The Labute approximate surface area is 186 Å². The van der Waals surface area contributed by atoms with Gasteiger partial charge >= 0.3 is 0 Å². The van der Waals surface area contributed by atoms with E-state index in [0.717, 1.165) is 77.7 Å². The summed E-state index contributed by atoms with van der Waals surface area (Å²) in [5, 5.41) is 3.51. The van der Waals surface area contributed by atoms with Crippen LogP contribution in [0.15, 0.2) is 41.4 Å². The van der Waals surface area contributed by atoms with Crippen molar-refractivity contribution >= 4 is 17.6 Å². The molecule has 0 saturated carbocycles. The van der Waals surface area contributed by atoms with Gasteiger partial charge in [-0.1, -0.05) is 24.3 Å². The maximum Gasteiger partial charge on any atom is 0.239 e. The molecule has 0 aromatic heterocycles. The van der Waals surface area contributed by atoms with E-state index in [2.05, 4.69) is 68.4 Å². The predicted molar refractivity (Wildman–Crippen MR) is 126 cm³/mol. The lowest BCUT2D eigenvalue weighted by Crippen LogP contribution is -2.57. The number of amides is 1. The molecule has 1 unspecified atom stereocenters. The summed E-state index contributed by atoms with van der Waals surface area (Å²) in [5.41, 5.74) is 2.52. The molecule has 1 aromatic rings. The van der Waals surface area contributed by atoms with Crippen LogP contribution in [-0.4, -0.2) is 92.0 Å². The number of nitrogens with one attached hydrogen (secondary N) is 1. The first-order chi connectivity index (χ1) is 15.2. The van der Waals surface area contributed by atoms with Crippen LogP contribution in [-0.2, 0) is 11.3 Å². The van der Waals surface area contributed by atoms with Crippen LogP contribution in [0.5, 0.6) is 0 Å². The van der Waals surface area contributed by atoms with E-state index < -0.39 is 0 Å². The van der Waals surface area contributed by atoms with Crippen LogP contribution in [0, 0.1) is 0 Å². The zero-order valence-corrected chi connectivity index (χ0v) is 19.0. The van der Waals surface area contributed by atoms with Crippen LogP contribution in [0.1, 0.15) is 25.3 Å². The van der Waals surface area contributed by atoms with Crippen molar-refractivity contribution in [2.45, 2.75) is 32.4 Å². The summed E-state index contributed by atoms with van der Waals surface area (Å²) in [6, 6.07) is 8.75. The van der Waals surface area contributed by atoms with E-state index >= 15 is 0 Å². The molecule has 1 atom stereocenters. The number of likely N-dealkylation sites (tertiary alicyclic amines) is 1. The molecule has 0 aliphatic carbocycles. The molecule has 0 spiro atoms. The van der Waals surface area contributed by atoms with Gasteiger partial charge in [0, 0.05) is 71.6 Å². The predicted octanol–water partition coefficient (Wildman–Crippen LogP) is 1.77. The Balaban J connectivity index is 1.24. The minimum atomic E-state index is -0.0282. The number of nitrogens with zero attached hydrogens (tertiary/aromatic N) is 5. The molecular formula is C24H36N6O. The van der Waals surface area contributed by atoms with Gasteiger partial charge in [0.05, 0.1) is 6.04 Å². The van der Waals surface area contributed by atoms with Crippen LogP contribution in [0.3, 0.4) is 0 Å². The van der Waals surface area contributed by atoms with Gasteiger partial charge in [-0.2, -0.15) is 0 Å². The third kappa shape index (κ3) is 5.21. The highest BCUT2D eigenvalue weighted by atomic mass is 16.2. The Morgan fingerprint density at radius 1 is 0.968 bits per heavy atom. The lowest BCUT2D eigenvalue weighted by atomic mass is 10.2. The average molecular weight is 425 g/mol. The normalized spacial score (nSPS) is 21.1. The lowest BCUT2D eigenvalue weighted by molar-refractivity contribution is -0.135. The van der Waals surface area contributed by atoms with Crippen molar-refractivity contribution in [1.82, 2.24) is 20.0 Å². The number of anilines is 1. The summed E-state index contributed by atoms with van der Waals surface area (Å²) in [5.74, 6) is 1.23. The van der Waals surface area contributed by atoms with E-state index in [1.54, 1.807) is 0 Å². The molecule has 1 N–H and O–H groups in total. The van der Waals surface area contributed by atoms with Crippen LogP contribution in [0.4, 0.5) is 5.69 Å². The SMILES string of the molecule is CN=C(NCc1ccc(N2CC=CC2)cc1)N1CCN(C(C)C(=O)N2CCCC2)CC1. The van der Waals surface area contributed by atoms with E-state index in [9.17, 15) is 4.79 Å². The standard InChI is InChI=1S/C24H36N6O/c1-20(23(31)29-13-5-6-14-29)27-15-17-30(18-16-27)24(25-2)26-19-21-7-9-22(10-8-21)28-11-3-4-12-28/h3-4,7-10,20H,5-6,11-19H2,1-2H3,(H,25,26). The van der Waals surface area contributed by atoms with Crippen LogP contribution >= 0.6 is 0 Å². The Morgan fingerprint density at radius 2 is 1.61 bits per heavy atom. The average Bonchev–Trinajstić information content (AvgIpc) is 3.54. The maximum absolute atomic E-state index is 12.7. The largest absolute Gasteiger partial charge is 0.364 e. The van der Waals surface area contributed by atoms with Gasteiger partial charge in [-0.15, -0.1) is 0 Å². The molecule has 2 fully saturated rings. The first-order valence-corrected chi connectivity index (χ1v) is 11.6. The Hall–Kier alpha value is -2.54. The van der Waals surface area contributed by atoms with Crippen LogP contribution in [0.25, 0.3) is 0 Å². The smallest absolute Gasteiger partial charge is 0.239 e. The summed E-state index contributed by atoms with van der Waals surface area (Å²) in [6.45, 7) is 10.2. The first-order valence-electron chi connectivity index (χ1n) is 11.6.